The summed E-state index contributed by atoms with van der Waals surface area (Å²) in [6.07, 6.45) is 8.68. The lowest BCUT2D eigenvalue weighted by atomic mass is 9.86. The highest BCUT2D eigenvalue weighted by atomic mass is 32.2. The van der Waals surface area contributed by atoms with Crippen molar-refractivity contribution < 1.29 is 8.42 Å². The van der Waals surface area contributed by atoms with Crippen molar-refractivity contribution >= 4 is 10.0 Å². The summed E-state index contributed by atoms with van der Waals surface area (Å²) in [7, 11) is -3.26. The molecule has 1 heterocycles. The highest BCUT2D eigenvalue weighted by Crippen LogP contribution is 2.26. The molecule has 1 aliphatic carbocycles. The van der Waals surface area contributed by atoms with Crippen LogP contribution in [0.4, 0.5) is 0 Å². The zero-order valence-electron chi connectivity index (χ0n) is 21.8. The van der Waals surface area contributed by atoms with Crippen LogP contribution in [0, 0.1) is 5.92 Å². The summed E-state index contributed by atoms with van der Waals surface area (Å²) >= 11 is 0. The van der Waals surface area contributed by atoms with Gasteiger partial charge >= 0.3 is 0 Å². The van der Waals surface area contributed by atoms with Crippen LogP contribution in [0.3, 0.4) is 0 Å². The third kappa shape index (κ3) is 8.63. The smallest absolute Gasteiger partial charge is 0.216 e. The lowest BCUT2D eigenvalue weighted by molar-refractivity contribution is 0.269. The molecule has 2 N–H and O–H groups in total. The number of hydrogen-bond acceptors (Lipinski definition) is 6. The molecule has 0 saturated heterocycles. The summed E-state index contributed by atoms with van der Waals surface area (Å²) < 4.78 is 26.9. The number of nitrogens with zero attached hydrogens (tertiary/aromatic N) is 3. The molecule has 194 valence electrons. The Balaban J connectivity index is 1.31. The van der Waals surface area contributed by atoms with E-state index in [0.29, 0.717) is 5.92 Å². The summed E-state index contributed by atoms with van der Waals surface area (Å²) in [6, 6.07) is 10.5. The third-order valence-electron chi connectivity index (χ3n) is 6.87. The van der Waals surface area contributed by atoms with E-state index in [1.165, 1.54) is 5.56 Å². The fraction of sp³-hybridized carbons (Fsp3) is 0.630. The van der Waals surface area contributed by atoms with E-state index in [2.05, 4.69) is 56.1 Å². The quantitative estimate of drug-likeness (QED) is 0.424. The molecular formula is C27H43N5O2S. The Morgan fingerprint density at radius 3 is 2.29 bits per heavy atom. The molecule has 0 amide bonds. The number of nitrogens with one attached hydrogen (secondary N) is 2. The van der Waals surface area contributed by atoms with Gasteiger partial charge in [-0.25, -0.2) is 23.1 Å². The zero-order chi connectivity index (χ0) is 25.3. The molecule has 0 radical (unpaired) electrons. The molecule has 0 bridgehead atoms. The molecule has 8 heteroatoms. The fourth-order valence-electron chi connectivity index (χ4n) is 4.43. The second-order valence-corrected chi connectivity index (χ2v) is 13.1. The Morgan fingerprint density at radius 2 is 1.69 bits per heavy atom. The first-order chi connectivity index (χ1) is 16.7. The SMILES string of the molecule is CCN(CCCNCC1CCC(NS(=O)(=O)C(C)(C)C)CC1)Cc1ccc(-c2ncccn2)cc1. The maximum absolute atomic E-state index is 12.4. The van der Waals surface area contributed by atoms with Crippen molar-refractivity contribution in [3.63, 3.8) is 0 Å². The molecule has 1 fully saturated rings. The fourth-order valence-corrected chi connectivity index (χ4v) is 5.46. The summed E-state index contributed by atoms with van der Waals surface area (Å²) in [6.45, 7) is 12.5. The van der Waals surface area contributed by atoms with E-state index in [1.54, 1.807) is 33.2 Å². The van der Waals surface area contributed by atoms with Gasteiger partial charge in [-0.3, -0.25) is 4.90 Å². The van der Waals surface area contributed by atoms with Gasteiger partial charge in [-0.05, 0) is 96.6 Å². The minimum Gasteiger partial charge on any atom is -0.316 e. The molecule has 1 aliphatic rings. The largest absolute Gasteiger partial charge is 0.316 e. The van der Waals surface area contributed by atoms with Crippen molar-refractivity contribution in [1.82, 2.24) is 24.9 Å². The van der Waals surface area contributed by atoms with Crippen molar-refractivity contribution in [1.29, 1.82) is 0 Å². The first-order valence-corrected chi connectivity index (χ1v) is 14.5. The van der Waals surface area contributed by atoms with Gasteiger partial charge < -0.3 is 5.32 Å². The van der Waals surface area contributed by atoms with E-state index in [-0.39, 0.29) is 6.04 Å². The van der Waals surface area contributed by atoms with Crippen molar-refractivity contribution in [2.24, 2.45) is 5.92 Å². The normalized spacial score (nSPS) is 19.2. The predicted molar refractivity (Wildman–Crippen MR) is 143 cm³/mol. The Labute approximate surface area is 212 Å². The molecule has 0 atom stereocenters. The number of benzene rings is 1. The van der Waals surface area contributed by atoms with Crippen LogP contribution >= 0.6 is 0 Å². The monoisotopic (exact) mass is 501 g/mol. The highest BCUT2D eigenvalue weighted by Gasteiger charge is 2.32. The van der Waals surface area contributed by atoms with Crippen molar-refractivity contribution in [2.45, 2.75) is 77.1 Å². The third-order valence-corrected chi connectivity index (χ3v) is 9.12. The van der Waals surface area contributed by atoms with Crippen molar-refractivity contribution in [3.05, 3.63) is 48.3 Å². The van der Waals surface area contributed by atoms with Crippen LogP contribution in [0.1, 0.15) is 65.4 Å². The summed E-state index contributed by atoms with van der Waals surface area (Å²) in [4.78, 5) is 11.1. The van der Waals surface area contributed by atoms with E-state index in [1.807, 2.05) is 6.07 Å². The summed E-state index contributed by atoms with van der Waals surface area (Å²) in [5, 5.41) is 3.63. The topological polar surface area (TPSA) is 87.2 Å². The molecule has 3 rings (SSSR count). The zero-order valence-corrected chi connectivity index (χ0v) is 22.7. The Hall–Kier alpha value is -1.87. The van der Waals surface area contributed by atoms with Gasteiger partial charge in [0.15, 0.2) is 5.82 Å². The van der Waals surface area contributed by atoms with Gasteiger partial charge in [0.2, 0.25) is 10.0 Å². The Morgan fingerprint density at radius 1 is 1.03 bits per heavy atom. The van der Waals surface area contributed by atoms with E-state index >= 15 is 0 Å². The first kappa shape index (κ1) is 27.7. The van der Waals surface area contributed by atoms with Crippen LogP contribution in [0.2, 0.25) is 0 Å². The number of aromatic nitrogens is 2. The second-order valence-electron chi connectivity index (χ2n) is 10.6. The highest BCUT2D eigenvalue weighted by molar-refractivity contribution is 7.90. The van der Waals surface area contributed by atoms with Crippen molar-refractivity contribution in [3.8, 4) is 11.4 Å². The average Bonchev–Trinajstić information content (AvgIpc) is 2.84. The van der Waals surface area contributed by atoms with Crippen LogP contribution < -0.4 is 10.0 Å². The number of sulfonamides is 1. The van der Waals surface area contributed by atoms with Crippen LogP contribution in [0.5, 0.6) is 0 Å². The van der Waals surface area contributed by atoms with Crippen LogP contribution in [-0.2, 0) is 16.6 Å². The van der Waals surface area contributed by atoms with E-state index in [9.17, 15) is 8.42 Å². The van der Waals surface area contributed by atoms with Gasteiger partial charge in [-0.1, -0.05) is 31.2 Å². The van der Waals surface area contributed by atoms with Crippen LogP contribution in [-0.4, -0.2) is 60.3 Å². The molecule has 7 nitrogen and oxygen atoms in total. The van der Waals surface area contributed by atoms with E-state index in [4.69, 9.17) is 0 Å². The number of rotatable bonds is 12. The van der Waals surface area contributed by atoms with Crippen LogP contribution in [0.25, 0.3) is 11.4 Å². The Bertz CT molecular complexity index is 982. The molecule has 1 saturated carbocycles. The minimum absolute atomic E-state index is 0.0860. The molecule has 0 aliphatic heterocycles. The van der Waals surface area contributed by atoms with Crippen LogP contribution in [0.15, 0.2) is 42.7 Å². The van der Waals surface area contributed by atoms with Gasteiger partial charge in [-0.15, -0.1) is 0 Å². The Kier molecular flexibility index (Phi) is 10.2. The standard InChI is InChI=1S/C27H43N5O2S/c1-5-32(21-23-8-12-24(13-9-23)26-29-17-6-18-30-26)19-7-16-28-20-22-10-14-25(15-11-22)31-35(33,34)27(2,3)4/h6,8-9,12-13,17-18,22,25,28,31H,5,7,10-11,14-16,19-21H2,1-4H3. The maximum atomic E-state index is 12.4. The molecule has 0 spiro atoms. The van der Waals surface area contributed by atoms with Gasteiger partial charge in [-0.2, -0.15) is 0 Å². The van der Waals surface area contributed by atoms with Gasteiger partial charge in [0.1, 0.15) is 0 Å². The maximum Gasteiger partial charge on any atom is 0.216 e. The lowest BCUT2D eigenvalue weighted by Crippen LogP contribution is -2.46. The predicted octanol–water partition coefficient (Wildman–Crippen LogP) is 4.22. The molecule has 0 unspecified atom stereocenters. The van der Waals surface area contributed by atoms with Crippen molar-refractivity contribution in [2.75, 3.05) is 26.2 Å². The molecule has 1 aromatic carbocycles. The first-order valence-electron chi connectivity index (χ1n) is 13.0. The summed E-state index contributed by atoms with van der Waals surface area (Å²) in [5.41, 5.74) is 2.35. The molecule has 1 aromatic heterocycles. The van der Waals surface area contributed by atoms with Gasteiger partial charge in [0, 0.05) is 30.5 Å². The molecule has 2 aromatic rings. The van der Waals surface area contributed by atoms with E-state index < -0.39 is 14.8 Å². The average molecular weight is 502 g/mol. The molecular weight excluding hydrogens is 458 g/mol. The number of hydrogen-bond donors (Lipinski definition) is 2. The van der Waals surface area contributed by atoms with Gasteiger partial charge in [0.25, 0.3) is 0 Å². The van der Waals surface area contributed by atoms with Gasteiger partial charge in [0.05, 0.1) is 4.75 Å². The van der Waals surface area contributed by atoms with E-state index in [0.717, 1.165) is 76.2 Å². The molecule has 35 heavy (non-hydrogen) atoms. The minimum atomic E-state index is -3.26. The summed E-state index contributed by atoms with van der Waals surface area (Å²) in [5.74, 6) is 1.40. The lowest BCUT2D eigenvalue weighted by Gasteiger charge is -2.31. The second kappa shape index (κ2) is 12.9.